The minimum Gasteiger partial charge on any atom is -0.325 e. The zero-order valence-electron chi connectivity index (χ0n) is 14.1. The summed E-state index contributed by atoms with van der Waals surface area (Å²) in [5.74, 6) is -0.452. The Labute approximate surface area is 157 Å². The molecule has 0 aliphatic heterocycles. The number of anilines is 1. The van der Waals surface area contributed by atoms with Crippen LogP contribution in [0.25, 0.3) is 0 Å². The molecule has 0 saturated heterocycles. The van der Waals surface area contributed by atoms with Crippen LogP contribution in [0.15, 0.2) is 30.5 Å². The molecule has 2 unspecified atom stereocenters. The molecule has 2 atom stereocenters. The molecular weight excluding hydrogens is 361 g/mol. The summed E-state index contributed by atoms with van der Waals surface area (Å²) in [6.45, 7) is 1.96. The number of nitrogens with one attached hydrogen (secondary N) is 1. The van der Waals surface area contributed by atoms with Crippen LogP contribution in [-0.4, -0.2) is 16.4 Å². The predicted molar refractivity (Wildman–Crippen MR) is 102 cm³/mol. The van der Waals surface area contributed by atoms with Gasteiger partial charge in [-0.1, -0.05) is 25.0 Å². The zero-order valence-corrected chi connectivity index (χ0v) is 15.8. The van der Waals surface area contributed by atoms with Crippen LogP contribution in [0.5, 0.6) is 0 Å². The molecule has 136 valence electrons. The van der Waals surface area contributed by atoms with Crippen LogP contribution in [0.4, 0.5) is 9.52 Å². The summed E-state index contributed by atoms with van der Waals surface area (Å²) in [6, 6.07) is 6.42. The van der Waals surface area contributed by atoms with Crippen LogP contribution in [0.3, 0.4) is 0 Å². The van der Waals surface area contributed by atoms with Gasteiger partial charge in [0.2, 0.25) is 5.91 Å². The monoisotopic (exact) mass is 383 g/mol. The van der Waals surface area contributed by atoms with E-state index in [1.165, 1.54) is 23.5 Å². The van der Waals surface area contributed by atoms with Gasteiger partial charge in [0.1, 0.15) is 5.82 Å². The third-order valence-electron chi connectivity index (χ3n) is 4.65. The highest BCUT2D eigenvalue weighted by atomic mass is 35.5. The van der Waals surface area contributed by atoms with E-state index in [2.05, 4.69) is 10.3 Å². The topological polar surface area (TPSA) is 68.0 Å². The van der Waals surface area contributed by atoms with Crippen molar-refractivity contribution in [1.82, 2.24) is 4.98 Å². The van der Waals surface area contributed by atoms with E-state index in [4.69, 9.17) is 5.73 Å². The first-order chi connectivity index (χ1) is 11.4. The molecule has 0 spiro atoms. The van der Waals surface area contributed by atoms with Crippen molar-refractivity contribution < 1.29 is 9.18 Å². The van der Waals surface area contributed by atoms with E-state index in [0.717, 1.165) is 36.1 Å². The van der Waals surface area contributed by atoms with Crippen molar-refractivity contribution in [1.29, 1.82) is 0 Å². The van der Waals surface area contributed by atoms with Crippen molar-refractivity contribution in [3.8, 4) is 0 Å². The lowest BCUT2D eigenvalue weighted by atomic mass is 9.74. The smallest absolute Gasteiger partial charge is 0.231 e. The first-order valence-corrected chi connectivity index (χ1v) is 9.04. The molecule has 0 radical (unpaired) electrons. The second-order valence-corrected chi connectivity index (χ2v) is 7.84. The molecule has 25 heavy (non-hydrogen) atoms. The number of thiazole rings is 1. The third-order valence-corrected chi connectivity index (χ3v) is 5.56. The molecule has 1 fully saturated rings. The maximum atomic E-state index is 12.9. The number of amides is 1. The Hall–Kier alpha value is -1.50. The van der Waals surface area contributed by atoms with Crippen LogP contribution in [0.1, 0.15) is 43.0 Å². The summed E-state index contributed by atoms with van der Waals surface area (Å²) in [4.78, 5) is 17.8. The highest BCUT2D eigenvalue weighted by Crippen LogP contribution is 2.33. The van der Waals surface area contributed by atoms with Crippen LogP contribution in [0, 0.1) is 11.7 Å². The van der Waals surface area contributed by atoms with Gasteiger partial charge < -0.3 is 11.1 Å². The fourth-order valence-electron chi connectivity index (χ4n) is 3.23. The number of aromatic nitrogens is 1. The van der Waals surface area contributed by atoms with Gasteiger partial charge in [0, 0.05) is 23.0 Å². The van der Waals surface area contributed by atoms with Gasteiger partial charge in [-0.15, -0.1) is 23.7 Å². The van der Waals surface area contributed by atoms with Gasteiger partial charge in [-0.05, 0) is 37.5 Å². The SMILES string of the molecule is CC1(N)CCCCC1C(=O)Nc1ncc(Cc2ccc(F)cc2)s1.Cl. The number of carbonyl (C=O) groups is 1. The van der Waals surface area contributed by atoms with Crippen molar-refractivity contribution in [2.24, 2.45) is 11.7 Å². The van der Waals surface area contributed by atoms with Crippen molar-refractivity contribution in [3.63, 3.8) is 0 Å². The first kappa shape index (κ1) is 19.8. The summed E-state index contributed by atoms with van der Waals surface area (Å²) in [5.41, 5.74) is 6.85. The van der Waals surface area contributed by atoms with Gasteiger partial charge >= 0.3 is 0 Å². The number of rotatable bonds is 4. The van der Waals surface area contributed by atoms with E-state index in [0.29, 0.717) is 11.6 Å². The minimum absolute atomic E-state index is 0. The Morgan fingerprint density at radius 3 is 2.80 bits per heavy atom. The Kier molecular flexibility index (Phi) is 6.54. The second kappa shape index (κ2) is 8.25. The molecule has 1 saturated carbocycles. The van der Waals surface area contributed by atoms with Crippen molar-refractivity contribution >= 4 is 34.8 Å². The van der Waals surface area contributed by atoms with Crippen molar-refractivity contribution in [3.05, 3.63) is 46.7 Å². The van der Waals surface area contributed by atoms with E-state index in [-0.39, 0.29) is 30.0 Å². The number of nitrogens with two attached hydrogens (primary N) is 1. The quantitative estimate of drug-likeness (QED) is 0.833. The second-order valence-electron chi connectivity index (χ2n) is 6.73. The molecule has 3 rings (SSSR count). The molecular formula is C18H23ClFN3OS. The Balaban J connectivity index is 0.00000225. The summed E-state index contributed by atoms with van der Waals surface area (Å²) in [5, 5.41) is 3.51. The lowest BCUT2D eigenvalue weighted by Crippen LogP contribution is -2.51. The van der Waals surface area contributed by atoms with Gasteiger partial charge in [0.25, 0.3) is 0 Å². The molecule has 0 bridgehead atoms. The molecule has 7 heteroatoms. The number of halogens is 2. The van der Waals surface area contributed by atoms with Gasteiger partial charge in [-0.3, -0.25) is 4.79 Å². The standard InChI is InChI=1S/C18H22FN3OS.ClH/c1-18(20)9-3-2-4-15(18)16(23)22-17-21-11-14(24-17)10-12-5-7-13(19)8-6-12;/h5-8,11,15H,2-4,9-10,20H2,1H3,(H,21,22,23);1H. The molecule has 2 aromatic rings. The van der Waals surface area contributed by atoms with Gasteiger partial charge in [-0.25, -0.2) is 9.37 Å². The van der Waals surface area contributed by atoms with Gasteiger partial charge in [0.15, 0.2) is 5.13 Å². The van der Waals surface area contributed by atoms with Crippen LogP contribution in [0.2, 0.25) is 0 Å². The molecule has 1 amide bonds. The largest absolute Gasteiger partial charge is 0.325 e. The predicted octanol–water partition coefficient (Wildman–Crippen LogP) is 4.14. The zero-order chi connectivity index (χ0) is 17.2. The number of hydrogen-bond acceptors (Lipinski definition) is 4. The number of nitrogens with zero attached hydrogens (tertiary/aromatic N) is 1. The van der Waals surface area contributed by atoms with E-state index in [9.17, 15) is 9.18 Å². The Bertz CT molecular complexity index is 717. The van der Waals surface area contributed by atoms with Crippen molar-refractivity contribution in [2.45, 2.75) is 44.6 Å². The molecule has 1 aromatic carbocycles. The minimum atomic E-state index is -0.448. The summed E-state index contributed by atoms with van der Waals surface area (Å²) < 4.78 is 12.9. The van der Waals surface area contributed by atoms with Gasteiger partial charge in [-0.2, -0.15) is 0 Å². The lowest BCUT2D eigenvalue weighted by Gasteiger charge is -2.36. The van der Waals surface area contributed by atoms with Crippen molar-refractivity contribution in [2.75, 3.05) is 5.32 Å². The highest BCUT2D eigenvalue weighted by Gasteiger charge is 2.38. The highest BCUT2D eigenvalue weighted by molar-refractivity contribution is 7.15. The maximum absolute atomic E-state index is 12.9. The van der Waals surface area contributed by atoms with Crippen LogP contribution >= 0.6 is 23.7 Å². The first-order valence-electron chi connectivity index (χ1n) is 8.23. The number of hydrogen-bond donors (Lipinski definition) is 2. The lowest BCUT2D eigenvalue weighted by molar-refractivity contribution is -0.122. The number of carbonyl (C=O) groups excluding carboxylic acids is 1. The molecule has 4 nitrogen and oxygen atoms in total. The molecule has 3 N–H and O–H groups in total. The van der Waals surface area contributed by atoms with Gasteiger partial charge in [0.05, 0.1) is 5.92 Å². The third kappa shape index (κ3) is 5.00. The Morgan fingerprint density at radius 1 is 1.40 bits per heavy atom. The van der Waals surface area contributed by atoms with Crippen LogP contribution in [-0.2, 0) is 11.2 Å². The molecule has 1 heterocycles. The summed E-state index contributed by atoms with van der Waals surface area (Å²) >= 11 is 1.45. The van der Waals surface area contributed by atoms with E-state index in [1.807, 2.05) is 6.92 Å². The molecule has 1 aliphatic rings. The molecule has 1 aliphatic carbocycles. The normalized spacial score (nSPS) is 22.9. The van der Waals surface area contributed by atoms with Crippen LogP contribution < -0.4 is 11.1 Å². The summed E-state index contributed by atoms with van der Waals surface area (Å²) in [7, 11) is 0. The average molecular weight is 384 g/mol. The number of benzene rings is 1. The van der Waals surface area contributed by atoms with E-state index >= 15 is 0 Å². The molecule has 1 aromatic heterocycles. The average Bonchev–Trinajstić information content (AvgIpc) is 2.96. The fourth-order valence-corrected chi connectivity index (χ4v) is 4.08. The maximum Gasteiger partial charge on any atom is 0.231 e. The van der Waals surface area contributed by atoms with E-state index < -0.39 is 5.54 Å². The summed E-state index contributed by atoms with van der Waals surface area (Å²) in [6.07, 6.45) is 6.25. The fraction of sp³-hybridized carbons (Fsp3) is 0.444. The van der Waals surface area contributed by atoms with E-state index in [1.54, 1.807) is 18.3 Å². The Morgan fingerprint density at radius 2 is 2.12 bits per heavy atom.